The van der Waals surface area contributed by atoms with Gasteiger partial charge in [0.05, 0.1) is 6.10 Å². The van der Waals surface area contributed by atoms with Crippen molar-refractivity contribution in [1.82, 2.24) is 9.97 Å². The maximum Gasteiger partial charge on any atom is 0.136 e. The Morgan fingerprint density at radius 2 is 2.18 bits per heavy atom. The fraction of sp³-hybridized carbons (Fsp3) is 0.667. The van der Waals surface area contributed by atoms with Gasteiger partial charge in [0.2, 0.25) is 0 Å². The van der Waals surface area contributed by atoms with Gasteiger partial charge in [0.15, 0.2) is 0 Å². The SMILES string of the molecule is COC(C)CNc1nc(C2CC2)nc(N)c1C. The van der Waals surface area contributed by atoms with Crippen LogP contribution < -0.4 is 11.1 Å². The van der Waals surface area contributed by atoms with E-state index in [1.165, 1.54) is 12.8 Å². The van der Waals surface area contributed by atoms with Crippen molar-refractivity contribution in [1.29, 1.82) is 0 Å². The zero-order chi connectivity index (χ0) is 12.4. The lowest BCUT2D eigenvalue weighted by atomic mass is 10.2. The Kier molecular flexibility index (Phi) is 3.47. The summed E-state index contributed by atoms with van der Waals surface area (Å²) in [5, 5.41) is 3.27. The molecule has 1 fully saturated rings. The molecule has 1 unspecified atom stereocenters. The molecule has 0 radical (unpaired) electrons. The summed E-state index contributed by atoms with van der Waals surface area (Å²) in [7, 11) is 1.70. The Balaban J connectivity index is 2.13. The molecule has 0 aliphatic heterocycles. The molecule has 1 aliphatic rings. The second kappa shape index (κ2) is 4.87. The van der Waals surface area contributed by atoms with Gasteiger partial charge in [-0.05, 0) is 26.7 Å². The van der Waals surface area contributed by atoms with Crippen LogP contribution in [0.15, 0.2) is 0 Å². The summed E-state index contributed by atoms with van der Waals surface area (Å²) < 4.78 is 5.19. The average Bonchev–Trinajstić information content (AvgIpc) is 3.14. The summed E-state index contributed by atoms with van der Waals surface area (Å²) in [4.78, 5) is 8.88. The predicted octanol–water partition coefficient (Wildman–Crippen LogP) is 1.69. The third kappa shape index (κ3) is 2.85. The molecule has 5 nitrogen and oxygen atoms in total. The third-order valence-electron chi connectivity index (χ3n) is 3.10. The van der Waals surface area contributed by atoms with Crippen LogP contribution in [-0.2, 0) is 4.74 Å². The fourth-order valence-electron chi connectivity index (χ4n) is 1.57. The molecule has 1 aromatic heterocycles. The first kappa shape index (κ1) is 12.1. The van der Waals surface area contributed by atoms with Gasteiger partial charge in [0.1, 0.15) is 17.5 Å². The molecule has 1 atom stereocenters. The Morgan fingerprint density at radius 1 is 1.47 bits per heavy atom. The van der Waals surface area contributed by atoms with Gasteiger partial charge >= 0.3 is 0 Å². The van der Waals surface area contributed by atoms with Crippen molar-refractivity contribution >= 4 is 11.6 Å². The van der Waals surface area contributed by atoms with Crippen LogP contribution in [0.3, 0.4) is 0 Å². The Morgan fingerprint density at radius 3 is 2.76 bits per heavy atom. The molecule has 3 N–H and O–H groups in total. The van der Waals surface area contributed by atoms with Crippen LogP contribution in [0.2, 0.25) is 0 Å². The van der Waals surface area contributed by atoms with Crippen molar-refractivity contribution in [3.05, 3.63) is 11.4 Å². The first-order valence-electron chi connectivity index (χ1n) is 6.02. The fourth-order valence-corrected chi connectivity index (χ4v) is 1.57. The number of nitrogens with two attached hydrogens (primary N) is 1. The third-order valence-corrected chi connectivity index (χ3v) is 3.10. The minimum Gasteiger partial charge on any atom is -0.383 e. The molecule has 17 heavy (non-hydrogen) atoms. The highest BCUT2D eigenvalue weighted by Crippen LogP contribution is 2.39. The number of nitrogen functional groups attached to an aromatic ring is 1. The van der Waals surface area contributed by atoms with Crippen LogP contribution in [0.5, 0.6) is 0 Å². The molecule has 0 amide bonds. The Hall–Kier alpha value is -1.36. The monoisotopic (exact) mass is 236 g/mol. The van der Waals surface area contributed by atoms with E-state index in [0.717, 1.165) is 23.8 Å². The van der Waals surface area contributed by atoms with E-state index in [9.17, 15) is 0 Å². The van der Waals surface area contributed by atoms with Gasteiger partial charge < -0.3 is 15.8 Å². The summed E-state index contributed by atoms with van der Waals surface area (Å²) in [5.41, 5.74) is 6.82. The normalized spacial score (nSPS) is 16.9. The van der Waals surface area contributed by atoms with Gasteiger partial charge in [-0.25, -0.2) is 9.97 Å². The summed E-state index contributed by atoms with van der Waals surface area (Å²) in [6.07, 6.45) is 2.50. The zero-order valence-electron chi connectivity index (χ0n) is 10.7. The highest BCUT2D eigenvalue weighted by Gasteiger charge is 2.27. The highest BCUT2D eigenvalue weighted by atomic mass is 16.5. The lowest BCUT2D eigenvalue weighted by Crippen LogP contribution is -2.20. The highest BCUT2D eigenvalue weighted by molar-refractivity contribution is 5.55. The Bertz CT molecular complexity index is 404. The van der Waals surface area contributed by atoms with Crippen LogP contribution >= 0.6 is 0 Å². The molecule has 0 bridgehead atoms. The topological polar surface area (TPSA) is 73.1 Å². The lowest BCUT2D eigenvalue weighted by Gasteiger charge is -2.14. The molecule has 0 saturated heterocycles. The van der Waals surface area contributed by atoms with Crippen LogP contribution in [0.1, 0.15) is 37.1 Å². The predicted molar refractivity (Wildman–Crippen MR) is 68.1 cm³/mol. The summed E-state index contributed by atoms with van der Waals surface area (Å²) >= 11 is 0. The van der Waals surface area contributed by atoms with Crippen molar-refractivity contribution in [2.24, 2.45) is 0 Å². The van der Waals surface area contributed by atoms with E-state index in [2.05, 4.69) is 15.3 Å². The summed E-state index contributed by atoms with van der Waals surface area (Å²) in [5.74, 6) is 2.80. The minimum absolute atomic E-state index is 0.148. The number of nitrogens with one attached hydrogen (secondary N) is 1. The number of hydrogen-bond donors (Lipinski definition) is 2. The minimum atomic E-state index is 0.148. The molecule has 1 saturated carbocycles. The van der Waals surface area contributed by atoms with E-state index in [1.807, 2.05) is 13.8 Å². The van der Waals surface area contributed by atoms with E-state index < -0.39 is 0 Å². The smallest absolute Gasteiger partial charge is 0.136 e. The summed E-state index contributed by atoms with van der Waals surface area (Å²) in [6.45, 7) is 4.67. The van der Waals surface area contributed by atoms with Crippen molar-refractivity contribution in [3.8, 4) is 0 Å². The maximum atomic E-state index is 5.90. The average molecular weight is 236 g/mol. The number of rotatable bonds is 5. The molecular weight excluding hydrogens is 216 g/mol. The first-order valence-corrected chi connectivity index (χ1v) is 6.02. The maximum absolute atomic E-state index is 5.90. The van der Waals surface area contributed by atoms with E-state index in [0.29, 0.717) is 11.7 Å². The van der Waals surface area contributed by atoms with Gasteiger partial charge in [0, 0.05) is 25.1 Å². The van der Waals surface area contributed by atoms with Crippen molar-refractivity contribution in [2.75, 3.05) is 24.7 Å². The standard InChI is InChI=1S/C12H20N4O/c1-7(17-3)6-14-11-8(2)10(13)15-12(16-11)9-4-5-9/h7,9H,4-6H2,1-3H3,(H3,13,14,15,16). The van der Waals surface area contributed by atoms with Gasteiger partial charge in [-0.3, -0.25) is 0 Å². The van der Waals surface area contributed by atoms with Gasteiger partial charge in [-0.2, -0.15) is 0 Å². The molecule has 1 heterocycles. The molecule has 2 rings (SSSR count). The quantitative estimate of drug-likeness (QED) is 0.814. The number of hydrogen-bond acceptors (Lipinski definition) is 5. The molecule has 1 aliphatic carbocycles. The molecular formula is C12H20N4O. The summed E-state index contributed by atoms with van der Waals surface area (Å²) in [6, 6.07) is 0. The molecule has 1 aromatic rings. The Labute approximate surface area is 102 Å². The van der Waals surface area contributed by atoms with Crippen molar-refractivity contribution < 1.29 is 4.74 Å². The zero-order valence-corrected chi connectivity index (χ0v) is 10.7. The number of anilines is 2. The molecule has 0 aromatic carbocycles. The van der Waals surface area contributed by atoms with Crippen molar-refractivity contribution in [2.45, 2.75) is 38.7 Å². The van der Waals surface area contributed by atoms with Crippen LogP contribution in [0, 0.1) is 6.92 Å². The molecule has 0 spiro atoms. The van der Waals surface area contributed by atoms with E-state index in [4.69, 9.17) is 10.5 Å². The van der Waals surface area contributed by atoms with Gasteiger partial charge in [-0.1, -0.05) is 0 Å². The van der Waals surface area contributed by atoms with Crippen LogP contribution in [0.25, 0.3) is 0 Å². The number of aromatic nitrogens is 2. The van der Waals surface area contributed by atoms with Gasteiger partial charge in [-0.15, -0.1) is 0 Å². The number of methoxy groups -OCH3 is 1. The van der Waals surface area contributed by atoms with E-state index in [-0.39, 0.29) is 6.10 Å². The van der Waals surface area contributed by atoms with Crippen LogP contribution in [-0.4, -0.2) is 29.7 Å². The van der Waals surface area contributed by atoms with Gasteiger partial charge in [0.25, 0.3) is 0 Å². The number of ether oxygens (including phenoxy) is 1. The lowest BCUT2D eigenvalue weighted by molar-refractivity contribution is 0.128. The second-order valence-corrected chi connectivity index (χ2v) is 4.64. The second-order valence-electron chi connectivity index (χ2n) is 4.64. The van der Waals surface area contributed by atoms with Crippen molar-refractivity contribution in [3.63, 3.8) is 0 Å². The van der Waals surface area contributed by atoms with Crippen LogP contribution in [0.4, 0.5) is 11.6 Å². The number of nitrogens with zero attached hydrogens (tertiary/aromatic N) is 2. The first-order chi connectivity index (χ1) is 8.11. The molecule has 5 heteroatoms. The molecule has 94 valence electrons. The van der Waals surface area contributed by atoms with E-state index in [1.54, 1.807) is 7.11 Å². The largest absolute Gasteiger partial charge is 0.383 e. The van der Waals surface area contributed by atoms with E-state index >= 15 is 0 Å².